The summed E-state index contributed by atoms with van der Waals surface area (Å²) in [5.41, 5.74) is 11.0. The Hall–Kier alpha value is -2.03. The van der Waals surface area contributed by atoms with Crippen LogP contribution >= 0.6 is 0 Å². The fourth-order valence-corrected chi connectivity index (χ4v) is 2.17. The summed E-state index contributed by atoms with van der Waals surface area (Å²) >= 11 is 0. The van der Waals surface area contributed by atoms with Gasteiger partial charge in [0.1, 0.15) is 5.56 Å². The van der Waals surface area contributed by atoms with Crippen molar-refractivity contribution in [2.45, 2.75) is 25.3 Å². The molecule has 6 heteroatoms. The summed E-state index contributed by atoms with van der Waals surface area (Å²) in [7, 11) is 0. The third-order valence-corrected chi connectivity index (χ3v) is 3.01. The molecule has 0 spiro atoms. The highest BCUT2D eigenvalue weighted by Crippen LogP contribution is 2.35. The van der Waals surface area contributed by atoms with E-state index in [1.54, 1.807) is 4.68 Å². The number of carbonyl (C=O) groups excluding carboxylic acids is 1. The standard InChI is InChI=1S/C10H13N5O/c11-4-6-2-1-3-8(6)15-5-7(10(13)16)9(12)14-15/h5-6,8H,1-3H2,(H2,12,14)(H2,13,16)/t6-,8+/m1/s1. The molecular weight excluding hydrogens is 206 g/mol. The second-order valence-electron chi connectivity index (χ2n) is 4.01. The van der Waals surface area contributed by atoms with Crippen LogP contribution in [0.4, 0.5) is 5.82 Å². The predicted molar refractivity (Wildman–Crippen MR) is 57.1 cm³/mol. The maximum Gasteiger partial charge on any atom is 0.254 e. The highest BCUT2D eigenvalue weighted by Gasteiger charge is 2.30. The molecule has 1 saturated carbocycles. The summed E-state index contributed by atoms with van der Waals surface area (Å²) in [5.74, 6) is -0.508. The highest BCUT2D eigenvalue weighted by atomic mass is 16.1. The van der Waals surface area contributed by atoms with E-state index in [4.69, 9.17) is 16.7 Å². The first-order valence-corrected chi connectivity index (χ1v) is 5.17. The van der Waals surface area contributed by atoms with E-state index in [0.29, 0.717) is 0 Å². The van der Waals surface area contributed by atoms with Gasteiger partial charge in [-0.15, -0.1) is 0 Å². The maximum absolute atomic E-state index is 11.0. The van der Waals surface area contributed by atoms with Crippen LogP contribution in [0.15, 0.2) is 6.20 Å². The molecule has 0 saturated heterocycles. The lowest BCUT2D eigenvalue weighted by atomic mass is 10.1. The first kappa shape index (κ1) is 10.5. The third-order valence-electron chi connectivity index (χ3n) is 3.01. The van der Waals surface area contributed by atoms with E-state index in [1.807, 2.05) is 0 Å². The van der Waals surface area contributed by atoms with Gasteiger partial charge in [-0.05, 0) is 19.3 Å². The number of hydrogen-bond acceptors (Lipinski definition) is 4. The Labute approximate surface area is 92.8 Å². The normalized spacial score (nSPS) is 24.2. The smallest absolute Gasteiger partial charge is 0.254 e. The van der Waals surface area contributed by atoms with Crippen molar-refractivity contribution < 1.29 is 4.79 Å². The quantitative estimate of drug-likeness (QED) is 0.751. The van der Waals surface area contributed by atoms with Gasteiger partial charge in [0.25, 0.3) is 5.91 Å². The van der Waals surface area contributed by atoms with E-state index in [1.165, 1.54) is 6.20 Å². The zero-order valence-corrected chi connectivity index (χ0v) is 8.76. The van der Waals surface area contributed by atoms with Crippen LogP contribution in [0.5, 0.6) is 0 Å². The lowest BCUT2D eigenvalue weighted by Crippen LogP contribution is -2.14. The van der Waals surface area contributed by atoms with Crippen molar-refractivity contribution in [1.82, 2.24) is 9.78 Å². The molecule has 1 amide bonds. The van der Waals surface area contributed by atoms with E-state index >= 15 is 0 Å². The maximum atomic E-state index is 11.0. The summed E-state index contributed by atoms with van der Waals surface area (Å²) in [5, 5.41) is 13.0. The molecule has 0 radical (unpaired) electrons. The molecule has 84 valence electrons. The van der Waals surface area contributed by atoms with Gasteiger partial charge in [-0.3, -0.25) is 9.48 Å². The van der Waals surface area contributed by atoms with Crippen LogP contribution in [0, 0.1) is 17.2 Å². The fourth-order valence-electron chi connectivity index (χ4n) is 2.17. The Morgan fingerprint density at radius 3 is 2.94 bits per heavy atom. The Morgan fingerprint density at radius 1 is 1.62 bits per heavy atom. The molecule has 1 aliphatic rings. The van der Waals surface area contributed by atoms with E-state index in [2.05, 4.69) is 11.2 Å². The number of nitrogens with two attached hydrogens (primary N) is 2. The molecule has 6 nitrogen and oxygen atoms in total. The minimum Gasteiger partial charge on any atom is -0.382 e. The van der Waals surface area contributed by atoms with E-state index in [-0.39, 0.29) is 23.3 Å². The number of aromatic nitrogens is 2. The second-order valence-corrected chi connectivity index (χ2v) is 4.01. The van der Waals surface area contributed by atoms with Crippen LogP contribution in [0.3, 0.4) is 0 Å². The minimum atomic E-state index is -0.588. The number of primary amides is 1. The van der Waals surface area contributed by atoms with Crippen molar-refractivity contribution in [2.75, 3.05) is 5.73 Å². The molecule has 2 atom stereocenters. The Kier molecular flexibility index (Phi) is 2.52. The van der Waals surface area contributed by atoms with Crippen LogP contribution in [-0.2, 0) is 0 Å². The van der Waals surface area contributed by atoms with Gasteiger partial charge < -0.3 is 11.5 Å². The predicted octanol–water partition coefficient (Wildman–Crippen LogP) is 0.429. The molecular formula is C10H13N5O. The zero-order valence-electron chi connectivity index (χ0n) is 8.76. The molecule has 0 unspecified atom stereocenters. The SMILES string of the molecule is N#C[C@H]1CCC[C@@H]1n1cc(C(N)=O)c(N)n1. The van der Waals surface area contributed by atoms with Gasteiger partial charge in [-0.1, -0.05) is 0 Å². The van der Waals surface area contributed by atoms with E-state index in [9.17, 15) is 4.79 Å². The van der Waals surface area contributed by atoms with E-state index in [0.717, 1.165) is 19.3 Å². The van der Waals surface area contributed by atoms with Crippen LogP contribution in [0.25, 0.3) is 0 Å². The number of nitrogen functional groups attached to an aromatic ring is 1. The molecule has 0 bridgehead atoms. The highest BCUT2D eigenvalue weighted by molar-refractivity contribution is 5.96. The average Bonchev–Trinajstić information content (AvgIpc) is 2.82. The summed E-state index contributed by atoms with van der Waals surface area (Å²) in [6.07, 6.45) is 4.29. The van der Waals surface area contributed by atoms with Gasteiger partial charge >= 0.3 is 0 Å². The molecule has 1 aromatic rings. The first-order chi connectivity index (χ1) is 7.63. The molecule has 1 fully saturated rings. The minimum absolute atomic E-state index is 0.0143. The van der Waals surface area contributed by atoms with Gasteiger partial charge in [0.05, 0.1) is 18.0 Å². The van der Waals surface area contributed by atoms with Crippen molar-refractivity contribution in [1.29, 1.82) is 5.26 Å². The summed E-state index contributed by atoms with van der Waals surface area (Å²) in [6, 6.07) is 2.27. The summed E-state index contributed by atoms with van der Waals surface area (Å²) in [6.45, 7) is 0. The molecule has 4 N–H and O–H groups in total. The van der Waals surface area contributed by atoms with Crippen molar-refractivity contribution in [3.63, 3.8) is 0 Å². The fraction of sp³-hybridized carbons (Fsp3) is 0.500. The van der Waals surface area contributed by atoms with Gasteiger partial charge in [-0.25, -0.2) is 0 Å². The second kappa shape index (κ2) is 3.85. The lowest BCUT2D eigenvalue weighted by Gasteiger charge is -2.13. The number of rotatable bonds is 2. The van der Waals surface area contributed by atoms with E-state index < -0.39 is 5.91 Å². The number of amides is 1. The van der Waals surface area contributed by atoms with Crippen LogP contribution in [-0.4, -0.2) is 15.7 Å². The van der Waals surface area contributed by atoms with Crippen LogP contribution < -0.4 is 11.5 Å². The van der Waals surface area contributed by atoms with Gasteiger partial charge in [0.15, 0.2) is 5.82 Å². The van der Waals surface area contributed by atoms with Crippen molar-refractivity contribution in [3.05, 3.63) is 11.8 Å². The van der Waals surface area contributed by atoms with Gasteiger partial charge in [0, 0.05) is 6.20 Å². The monoisotopic (exact) mass is 219 g/mol. The average molecular weight is 219 g/mol. The van der Waals surface area contributed by atoms with Crippen LogP contribution in [0.1, 0.15) is 35.7 Å². The van der Waals surface area contributed by atoms with Gasteiger partial charge in [-0.2, -0.15) is 10.4 Å². The van der Waals surface area contributed by atoms with Gasteiger partial charge in [0.2, 0.25) is 0 Å². The van der Waals surface area contributed by atoms with Crippen molar-refractivity contribution in [3.8, 4) is 6.07 Å². The number of nitrogens with zero attached hydrogens (tertiary/aromatic N) is 3. The number of nitriles is 1. The number of hydrogen-bond donors (Lipinski definition) is 2. The molecule has 16 heavy (non-hydrogen) atoms. The zero-order chi connectivity index (χ0) is 11.7. The molecule has 1 aliphatic carbocycles. The summed E-state index contributed by atoms with van der Waals surface area (Å²) < 4.78 is 1.61. The van der Waals surface area contributed by atoms with Crippen molar-refractivity contribution >= 4 is 11.7 Å². The molecule has 1 aromatic heterocycles. The number of carbonyl (C=O) groups is 1. The largest absolute Gasteiger partial charge is 0.382 e. The van der Waals surface area contributed by atoms with Crippen molar-refractivity contribution in [2.24, 2.45) is 11.7 Å². The molecule has 0 aromatic carbocycles. The van der Waals surface area contributed by atoms with Crippen LogP contribution in [0.2, 0.25) is 0 Å². The Bertz CT molecular complexity index is 458. The molecule has 2 rings (SSSR count). The Balaban J connectivity index is 2.31. The third kappa shape index (κ3) is 1.60. The first-order valence-electron chi connectivity index (χ1n) is 5.17. The summed E-state index contributed by atoms with van der Waals surface area (Å²) in [4.78, 5) is 11.0. The Morgan fingerprint density at radius 2 is 2.38 bits per heavy atom. The molecule has 0 aliphatic heterocycles. The lowest BCUT2D eigenvalue weighted by molar-refractivity contribution is 0.100. The topological polar surface area (TPSA) is 111 Å². The number of anilines is 1. The molecule has 1 heterocycles.